The fourth-order valence-corrected chi connectivity index (χ4v) is 5.01. The highest BCUT2D eigenvalue weighted by atomic mass is 32.2. The van der Waals surface area contributed by atoms with Crippen LogP contribution in [0.3, 0.4) is 0 Å². The molecule has 0 bridgehead atoms. The molecule has 0 aliphatic heterocycles. The normalized spacial score (nSPS) is 11.6. The van der Waals surface area contributed by atoms with Crippen LogP contribution < -0.4 is 19.1 Å². The molecule has 0 saturated carbocycles. The van der Waals surface area contributed by atoms with Crippen molar-refractivity contribution >= 4 is 33.4 Å². The number of sulfonamides is 1. The van der Waals surface area contributed by atoms with Crippen LogP contribution in [0.4, 0.5) is 5.69 Å². The number of carbonyl (C=O) groups excluding carboxylic acids is 1. The minimum absolute atomic E-state index is 0.0796. The molecule has 7 nitrogen and oxygen atoms in total. The minimum atomic E-state index is -4.03. The largest absolute Gasteiger partial charge is 0.497 e. The third-order valence-corrected chi connectivity index (χ3v) is 7.28. The van der Waals surface area contributed by atoms with Gasteiger partial charge in [-0.25, -0.2) is 8.42 Å². The van der Waals surface area contributed by atoms with Crippen LogP contribution in [-0.2, 0) is 14.8 Å². The van der Waals surface area contributed by atoms with E-state index >= 15 is 0 Å². The Morgan fingerprint density at radius 2 is 1.74 bits per heavy atom. The van der Waals surface area contributed by atoms with Gasteiger partial charge in [-0.2, -0.15) is 11.8 Å². The number of ether oxygens (including phenoxy) is 2. The summed E-state index contributed by atoms with van der Waals surface area (Å²) in [7, 11) is -1.09. The Morgan fingerprint density at radius 1 is 1.06 bits per heavy atom. The van der Waals surface area contributed by atoms with Crippen molar-refractivity contribution in [1.82, 2.24) is 5.32 Å². The third kappa shape index (κ3) is 7.07. The van der Waals surface area contributed by atoms with Crippen molar-refractivity contribution in [2.24, 2.45) is 0 Å². The van der Waals surface area contributed by atoms with E-state index in [9.17, 15) is 13.2 Å². The molecule has 0 aliphatic carbocycles. The molecule has 0 unspecified atom stereocenters. The summed E-state index contributed by atoms with van der Waals surface area (Å²) in [4.78, 5) is 12.8. The predicted octanol–water partition coefficient (Wildman–Crippen LogP) is 3.55. The molecular formula is C22H30N2O5S2. The zero-order chi connectivity index (χ0) is 23.1. The van der Waals surface area contributed by atoms with Gasteiger partial charge in [0.15, 0.2) is 0 Å². The standard InChI is InChI=1S/C22H30N2O5S2/c1-22(2,3)30-14-13-23-21(25)16-24(31(26,27)18-9-7-6-8-10-18)19-15-17(28-4)11-12-20(19)29-5/h6-12,15H,13-14,16H2,1-5H3,(H,23,25). The van der Waals surface area contributed by atoms with Gasteiger partial charge in [0.05, 0.1) is 24.8 Å². The Bertz CT molecular complexity index is 973. The number of anilines is 1. The number of methoxy groups -OCH3 is 2. The summed E-state index contributed by atoms with van der Waals surface area (Å²) in [6.07, 6.45) is 0. The number of hydrogen-bond acceptors (Lipinski definition) is 6. The van der Waals surface area contributed by atoms with Crippen LogP contribution in [0.25, 0.3) is 0 Å². The first-order valence-electron chi connectivity index (χ1n) is 9.79. The van der Waals surface area contributed by atoms with Gasteiger partial charge in [0, 0.05) is 23.1 Å². The summed E-state index contributed by atoms with van der Waals surface area (Å²) in [5.74, 6) is 1.09. The van der Waals surface area contributed by atoms with E-state index in [0.29, 0.717) is 18.0 Å². The van der Waals surface area contributed by atoms with Crippen molar-refractivity contribution < 1.29 is 22.7 Å². The second-order valence-electron chi connectivity index (χ2n) is 7.67. The van der Waals surface area contributed by atoms with Gasteiger partial charge in [-0.3, -0.25) is 9.10 Å². The number of hydrogen-bond donors (Lipinski definition) is 1. The Morgan fingerprint density at radius 3 is 2.32 bits per heavy atom. The minimum Gasteiger partial charge on any atom is -0.497 e. The summed E-state index contributed by atoms with van der Waals surface area (Å²) in [5.41, 5.74) is 0.227. The van der Waals surface area contributed by atoms with Crippen molar-refractivity contribution in [2.45, 2.75) is 30.4 Å². The number of nitrogens with zero attached hydrogens (tertiary/aromatic N) is 1. The fourth-order valence-electron chi connectivity index (χ4n) is 2.75. The molecule has 0 aliphatic rings. The van der Waals surface area contributed by atoms with Gasteiger partial charge in [0.1, 0.15) is 18.0 Å². The van der Waals surface area contributed by atoms with Crippen molar-refractivity contribution in [3.05, 3.63) is 48.5 Å². The molecule has 0 spiro atoms. The lowest BCUT2D eigenvalue weighted by molar-refractivity contribution is -0.119. The van der Waals surface area contributed by atoms with Crippen LogP contribution in [0, 0.1) is 0 Å². The van der Waals surface area contributed by atoms with Crippen molar-refractivity contribution in [2.75, 3.05) is 37.4 Å². The molecule has 1 amide bonds. The van der Waals surface area contributed by atoms with E-state index in [0.717, 1.165) is 10.1 Å². The maximum absolute atomic E-state index is 13.4. The first-order chi connectivity index (χ1) is 14.6. The predicted molar refractivity (Wildman–Crippen MR) is 126 cm³/mol. The fraction of sp³-hybridized carbons (Fsp3) is 0.409. The van der Waals surface area contributed by atoms with Crippen LogP contribution in [0.1, 0.15) is 20.8 Å². The highest BCUT2D eigenvalue weighted by Gasteiger charge is 2.29. The summed E-state index contributed by atoms with van der Waals surface area (Å²) in [6.45, 7) is 6.35. The number of nitrogens with one attached hydrogen (secondary N) is 1. The topological polar surface area (TPSA) is 84.9 Å². The highest BCUT2D eigenvalue weighted by Crippen LogP contribution is 2.35. The first-order valence-corrected chi connectivity index (χ1v) is 12.2. The summed E-state index contributed by atoms with van der Waals surface area (Å²) in [6, 6.07) is 12.8. The van der Waals surface area contributed by atoms with Crippen LogP contribution in [-0.4, -0.2) is 52.1 Å². The molecule has 0 saturated heterocycles. The van der Waals surface area contributed by atoms with E-state index in [1.807, 2.05) is 0 Å². The van der Waals surface area contributed by atoms with E-state index in [2.05, 4.69) is 26.1 Å². The number of amides is 1. The molecular weight excluding hydrogens is 436 g/mol. The monoisotopic (exact) mass is 466 g/mol. The van der Waals surface area contributed by atoms with Crippen LogP contribution >= 0.6 is 11.8 Å². The lowest BCUT2D eigenvalue weighted by Gasteiger charge is -2.26. The van der Waals surface area contributed by atoms with Crippen LogP contribution in [0.15, 0.2) is 53.4 Å². The molecule has 0 atom stereocenters. The molecule has 1 N–H and O–H groups in total. The molecule has 0 fully saturated rings. The first kappa shape index (κ1) is 24.9. The van der Waals surface area contributed by atoms with Gasteiger partial charge < -0.3 is 14.8 Å². The Hall–Kier alpha value is -2.39. The average molecular weight is 467 g/mol. The lowest BCUT2D eigenvalue weighted by atomic mass is 10.2. The lowest BCUT2D eigenvalue weighted by Crippen LogP contribution is -2.41. The number of rotatable bonds is 10. The molecule has 0 aromatic heterocycles. The highest BCUT2D eigenvalue weighted by molar-refractivity contribution is 8.00. The second kappa shape index (κ2) is 10.8. The zero-order valence-electron chi connectivity index (χ0n) is 18.5. The molecule has 2 rings (SSSR count). The number of carbonyl (C=O) groups is 1. The molecule has 170 valence electrons. The van der Waals surface area contributed by atoms with Gasteiger partial charge in [0.25, 0.3) is 10.0 Å². The van der Waals surface area contributed by atoms with Crippen molar-refractivity contribution in [1.29, 1.82) is 0 Å². The molecule has 2 aromatic carbocycles. The second-order valence-corrected chi connectivity index (χ2v) is 11.5. The maximum atomic E-state index is 13.4. The van der Waals surface area contributed by atoms with E-state index in [-0.39, 0.29) is 21.9 Å². The van der Waals surface area contributed by atoms with E-state index in [4.69, 9.17) is 9.47 Å². The molecule has 31 heavy (non-hydrogen) atoms. The van der Waals surface area contributed by atoms with Gasteiger partial charge in [-0.1, -0.05) is 39.0 Å². The molecule has 2 aromatic rings. The van der Waals surface area contributed by atoms with Gasteiger partial charge in [-0.05, 0) is 24.3 Å². The Balaban J connectivity index is 2.35. The van der Waals surface area contributed by atoms with Crippen LogP contribution in [0.5, 0.6) is 11.5 Å². The maximum Gasteiger partial charge on any atom is 0.264 e. The summed E-state index contributed by atoms with van der Waals surface area (Å²) in [5, 5.41) is 2.81. The summed E-state index contributed by atoms with van der Waals surface area (Å²) < 4.78 is 38.7. The van der Waals surface area contributed by atoms with Crippen molar-refractivity contribution in [3.63, 3.8) is 0 Å². The van der Waals surface area contributed by atoms with Gasteiger partial charge in [-0.15, -0.1) is 0 Å². The van der Waals surface area contributed by atoms with E-state index in [1.54, 1.807) is 48.2 Å². The van der Waals surface area contributed by atoms with Crippen LogP contribution in [0.2, 0.25) is 0 Å². The average Bonchev–Trinajstić information content (AvgIpc) is 2.74. The Kier molecular flexibility index (Phi) is 8.64. The van der Waals surface area contributed by atoms with Gasteiger partial charge in [0.2, 0.25) is 5.91 Å². The molecule has 9 heteroatoms. The third-order valence-electron chi connectivity index (χ3n) is 4.23. The smallest absolute Gasteiger partial charge is 0.264 e. The molecule has 0 radical (unpaired) electrons. The van der Waals surface area contributed by atoms with E-state index in [1.165, 1.54) is 26.4 Å². The van der Waals surface area contributed by atoms with Gasteiger partial charge >= 0.3 is 0 Å². The van der Waals surface area contributed by atoms with Crippen molar-refractivity contribution in [3.8, 4) is 11.5 Å². The number of thioether (sulfide) groups is 1. The Labute approximate surface area is 189 Å². The summed E-state index contributed by atoms with van der Waals surface area (Å²) >= 11 is 1.72. The SMILES string of the molecule is COc1ccc(OC)c(N(CC(=O)NCCSC(C)(C)C)S(=O)(=O)c2ccccc2)c1. The zero-order valence-corrected chi connectivity index (χ0v) is 20.2. The van der Waals surface area contributed by atoms with E-state index < -0.39 is 15.9 Å². The number of benzene rings is 2. The molecule has 0 heterocycles. The quantitative estimate of drug-likeness (QED) is 0.539.